The fourth-order valence-electron chi connectivity index (χ4n) is 2.77. The van der Waals surface area contributed by atoms with Gasteiger partial charge in [-0.1, -0.05) is 17.3 Å². The van der Waals surface area contributed by atoms with Gasteiger partial charge >= 0.3 is 0 Å². The van der Waals surface area contributed by atoms with E-state index >= 15 is 0 Å². The highest BCUT2D eigenvalue weighted by molar-refractivity contribution is 5.75. The van der Waals surface area contributed by atoms with Crippen molar-refractivity contribution < 1.29 is 23.2 Å². The molecular weight excluding hydrogens is 389 g/mol. The Kier molecular flexibility index (Phi) is 7.37. The van der Waals surface area contributed by atoms with E-state index in [-0.39, 0.29) is 18.3 Å². The van der Waals surface area contributed by atoms with E-state index in [1.165, 1.54) is 6.07 Å². The van der Waals surface area contributed by atoms with Crippen molar-refractivity contribution in [3.05, 3.63) is 60.2 Å². The minimum Gasteiger partial charge on any atom is -0.497 e. The summed E-state index contributed by atoms with van der Waals surface area (Å²) in [6.45, 7) is 0.591. The number of hydrogen-bond donors (Lipinski definition) is 0. The van der Waals surface area contributed by atoms with Gasteiger partial charge in [0.2, 0.25) is 17.6 Å². The van der Waals surface area contributed by atoms with Crippen molar-refractivity contribution in [3.8, 4) is 22.9 Å². The highest BCUT2D eigenvalue weighted by Gasteiger charge is 2.12. The average molecular weight is 413 g/mol. The van der Waals surface area contributed by atoms with Crippen LogP contribution in [0.1, 0.15) is 18.7 Å². The molecular formula is C22H24FN3O4. The lowest BCUT2D eigenvalue weighted by Crippen LogP contribution is -2.30. The zero-order chi connectivity index (χ0) is 21.3. The molecule has 1 amide bonds. The molecule has 158 valence electrons. The van der Waals surface area contributed by atoms with Crippen LogP contribution in [0.25, 0.3) is 11.4 Å². The lowest BCUT2D eigenvalue weighted by molar-refractivity contribution is -0.130. The first kappa shape index (κ1) is 21.3. The van der Waals surface area contributed by atoms with Crippen molar-refractivity contribution in [2.24, 2.45) is 0 Å². The third kappa shape index (κ3) is 5.79. The molecule has 1 aromatic heterocycles. The number of aryl methyl sites for hydroxylation is 1. The molecule has 1 heterocycles. The van der Waals surface area contributed by atoms with Gasteiger partial charge in [-0.05, 0) is 42.8 Å². The van der Waals surface area contributed by atoms with Crippen LogP contribution in [0, 0.1) is 5.82 Å². The lowest BCUT2D eigenvalue weighted by atomic mass is 10.2. The number of amides is 1. The number of methoxy groups -OCH3 is 1. The summed E-state index contributed by atoms with van der Waals surface area (Å²) in [6, 6.07) is 13.6. The maximum Gasteiger partial charge on any atom is 0.226 e. The molecule has 2 aromatic carbocycles. The Hall–Kier alpha value is -3.42. The Labute approximate surface area is 174 Å². The summed E-state index contributed by atoms with van der Waals surface area (Å²) in [6.07, 6.45) is 1.44. The number of rotatable bonds is 10. The minimum absolute atomic E-state index is 0.0259. The Morgan fingerprint density at radius 1 is 1.17 bits per heavy atom. The van der Waals surface area contributed by atoms with Gasteiger partial charge < -0.3 is 18.9 Å². The third-order valence-electron chi connectivity index (χ3n) is 4.54. The van der Waals surface area contributed by atoms with Crippen LogP contribution in [-0.2, 0) is 11.2 Å². The molecule has 0 aliphatic carbocycles. The summed E-state index contributed by atoms with van der Waals surface area (Å²) in [5.74, 6) is 1.48. The van der Waals surface area contributed by atoms with E-state index in [0.29, 0.717) is 37.5 Å². The van der Waals surface area contributed by atoms with Gasteiger partial charge in [0, 0.05) is 25.5 Å². The Balaban J connectivity index is 1.39. The molecule has 8 heteroatoms. The Morgan fingerprint density at radius 3 is 2.67 bits per heavy atom. The normalized spacial score (nSPS) is 10.6. The summed E-state index contributed by atoms with van der Waals surface area (Å²) in [5.41, 5.74) is 0.830. The third-order valence-corrected chi connectivity index (χ3v) is 4.54. The number of nitrogens with zero attached hydrogens (tertiary/aromatic N) is 3. The molecule has 0 N–H and O–H groups in total. The van der Waals surface area contributed by atoms with Gasteiger partial charge in [-0.3, -0.25) is 4.79 Å². The molecule has 0 unspecified atom stereocenters. The van der Waals surface area contributed by atoms with Crippen molar-refractivity contribution in [1.29, 1.82) is 0 Å². The molecule has 0 saturated carbocycles. The topological polar surface area (TPSA) is 77.7 Å². The lowest BCUT2D eigenvalue weighted by Gasteiger charge is -2.17. The number of carbonyl (C=O) groups excluding carboxylic acids is 1. The standard InChI is InChI=1S/C22H24FN3O4/c1-26(14-15-29-19-7-4-3-6-18(19)23)21(27)9-5-8-20-24-22(25-30-20)16-10-12-17(28-2)13-11-16/h3-4,6-7,10-13H,5,8-9,14-15H2,1-2H3. The van der Waals surface area contributed by atoms with E-state index in [1.807, 2.05) is 24.3 Å². The number of benzene rings is 2. The Bertz CT molecular complexity index is 959. The molecule has 0 radical (unpaired) electrons. The van der Waals surface area contributed by atoms with Crippen LogP contribution in [-0.4, -0.2) is 48.3 Å². The molecule has 3 aromatic rings. The molecule has 0 saturated heterocycles. The molecule has 0 aliphatic rings. The number of likely N-dealkylation sites (N-methyl/N-ethyl adjacent to an activating group) is 1. The van der Waals surface area contributed by atoms with Gasteiger partial charge in [-0.15, -0.1) is 0 Å². The van der Waals surface area contributed by atoms with Crippen LogP contribution in [0.15, 0.2) is 53.1 Å². The summed E-state index contributed by atoms with van der Waals surface area (Å²) in [5, 5.41) is 3.98. The first-order valence-electron chi connectivity index (χ1n) is 9.65. The van der Waals surface area contributed by atoms with Crippen molar-refractivity contribution in [2.75, 3.05) is 27.3 Å². The number of hydrogen-bond acceptors (Lipinski definition) is 6. The van der Waals surface area contributed by atoms with Gasteiger partial charge in [0.05, 0.1) is 13.7 Å². The highest BCUT2D eigenvalue weighted by atomic mass is 19.1. The fourth-order valence-corrected chi connectivity index (χ4v) is 2.77. The summed E-state index contributed by atoms with van der Waals surface area (Å²) < 4.78 is 29.3. The van der Waals surface area contributed by atoms with Crippen molar-refractivity contribution in [2.45, 2.75) is 19.3 Å². The van der Waals surface area contributed by atoms with E-state index in [9.17, 15) is 9.18 Å². The average Bonchev–Trinajstić information content (AvgIpc) is 3.24. The van der Waals surface area contributed by atoms with Crippen LogP contribution in [0.4, 0.5) is 4.39 Å². The maximum atomic E-state index is 13.5. The molecule has 0 aliphatic heterocycles. The first-order chi connectivity index (χ1) is 14.6. The van der Waals surface area contributed by atoms with Crippen molar-refractivity contribution >= 4 is 5.91 Å². The van der Waals surface area contributed by atoms with E-state index in [1.54, 1.807) is 37.3 Å². The number of para-hydroxylation sites is 1. The van der Waals surface area contributed by atoms with Crippen LogP contribution in [0.2, 0.25) is 0 Å². The molecule has 0 atom stereocenters. The van der Waals surface area contributed by atoms with E-state index in [4.69, 9.17) is 14.0 Å². The van der Waals surface area contributed by atoms with Crippen LogP contribution in [0.3, 0.4) is 0 Å². The maximum absolute atomic E-state index is 13.5. The largest absolute Gasteiger partial charge is 0.497 e. The predicted octanol–water partition coefficient (Wildman–Crippen LogP) is 3.74. The van der Waals surface area contributed by atoms with Gasteiger partial charge in [0.15, 0.2) is 11.6 Å². The van der Waals surface area contributed by atoms with Gasteiger partial charge in [0.25, 0.3) is 0 Å². The van der Waals surface area contributed by atoms with E-state index in [0.717, 1.165) is 11.3 Å². The molecule has 0 spiro atoms. The SMILES string of the molecule is COc1ccc(-c2noc(CCCC(=O)N(C)CCOc3ccccc3F)n2)cc1. The molecule has 30 heavy (non-hydrogen) atoms. The second kappa shape index (κ2) is 10.4. The monoisotopic (exact) mass is 413 g/mol. The smallest absolute Gasteiger partial charge is 0.226 e. The predicted molar refractivity (Wildman–Crippen MR) is 109 cm³/mol. The van der Waals surface area contributed by atoms with Gasteiger partial charge in [-0.25, -0.2) is 4.39 Å². The number of carbonyl (C=O) groups is 1. The molecule has 7 nitrogen and oxygen atoms in total. The van der Waals surface area contributed by atoms with Crippen molar-refractivity contribution in [3.63, 3.8) is 0 Å². The second-order valence-corrected chi connectivity index (χ2v) is 6.69. The number of halogens is 1. The summed E-state index contributed by atoms with van der Waals surface area (Å²) in [7, 11) is 3.30. The van der Waals surface area contributed by atoms with Crippen LogP contribution < -0.4 is 9.47 Å². The van der Waals surface area contributed by atoms with E-state index in [2.05, 4.69) is 10.1 Å². The van der Waals surface area contributed by atoms with Crippen molar-refractivity contribution in [1.82, 2.24) is 15.0 Å². The zero-order valence-corrected chi connectivity index (χ0v) is 17.0. The minimum atomic E-state index is -0.417. The highest BCUT2D eigenvalue weighted by Crippen LogP contribution is 2.20. The zero-order valence-electron chi connectivity index (χ0n) is 17.0. The second-order valence-electron chi connectivity index (χ2n) is 6.69. The van der Waals surface area contributed by atoms with Gasteiger partial charge in [-0.2, -0.15) is 4.98 Å². The fraction of sp³-hybridized carbons (Fsp3) is 0.318. The van der Waals surface area contributed by atoms with Gasteiger partial charge in [0.1, 0.15) is 12.4 Å². The van der Waals surface area contributed by atoms with Crippen LogP contribution >= 0.6 is 0 Å². The molecule has 3 rings (SSSR count). The number of ether oxygens (including phenoxy) is 2. The Morgan fingerprint density at radius 2 is 1.93 bits per heavy atom. The first-order valence-corrected chi connectivity index (χ1v) is 9.65. The quantitative estimate of drug-likeness (QED) is 0.504. The molecule has 0 fully saturated rings. The summed E-state index contributed by atoms with van der Waals surface area (Å²) in [4.78, 5) is 18.2. The summed E-state index contributed by atoms with van der Waals surface area (Å²) >= 11 is 0. The number of aromatic nitrogens is 2. The molecule has 0 bridgehead atoms. The van der Waals surface area contributed by atoms with E-state index < -0.39 is 5.82 Å². The van der Waals surface area contributed by atoms with Crippen LogP contribution in [0.5, 0.6) is 11.5 Å².